The average Bonchev–Trinajstić information content (AvgIpc) is 2.48. The van der Waals surface area contributed by atoms with Crippen LogP contribution in [0.5, 0.6) is 0 Å². The second kappa shape index (κ2) is 7.01. The number of Topliss-reactive ketones (excluding diaryl/α,β-unsaturated/α-hetero) is 1. The van der Waals surface area contributed by atoms with Gasteiger partial charge in [0.2, 0.25) is 0 Å². The van der Waals surface area contributed by atoms with E-state index in [2.05, 4.69) is 32.6 Å². The van der Waals surface area contributed by atoms with Crippen molar-refractivity contribution in [3.8, 4) is 0 Å². The topological polar surface area (TPSA) is 29.5 Å². The molecule has 2 aliphatic rings. The molecule has 1 atom stereocenters. The standard InChI is InChI=1S/C17H31NO2S/c1-5-18(6-2)16(3,4)15(19)14-7-10-20-17(13-14)8-11-21-12-9-17/h14H,5-13H2,1-4H3. The van der Waals surface area contributed by atoms with Crippen LogP contribution in [0.25, 0.3) is 0 Å². The van der Waals surface area contributed by atoms with E-state index in [1.165, 1.54) is 11.5 Å². The number of carbonyl (C=O) groups is 1. The highest BCUT2D eigenvalue weighted by Crippen LogP contribution is 2.41. The van der Waals surface area contributed by atoms with Gasteiger partial charge in [0.25, 0.3) is 0 Å². The van der Waals surface area contributed by atoms with Gasteiger partial charge in [-0.25, -0.2) is 0 Å². The van der Waals surface area contributed by atoms with Gasteiger partial charge in [0.15, 0.2) is 5.78 Å². The SMILES string of the molecule is CCN(CC)C(C)(C)C(=O)C1CCOC2(CCSCC2)C1. The summed E-state index contributed by atoms with van der Waals surface area (Å²) in [6.45, 7) is 11.1. The molecule has 0 saturated carbocycles. The minimum atomic E-state index is -0.351. The molecule has 0 bridgehead atoms. The first kappa shape index (κ1) is 17.3. The van der Waals surface area contributed by atoms with Crippen LogP contribution in [0.15, 0.2) is 0 Å². The monoisotopic (exact) mass is 313 g/mol. The lowest BCUT2D eigenvalue weighted by molar-refractivity contribution is -0.147. The Bertz CT molecular complexity index is 354. The van der Waals surface area contributed by atoms with Crippen molar-refractivity contribution in [2.24, 2.45) is 5.92 Å². The van der Waals surface area contributed by atoms with Gasteiger partial charge < -0.3 is 4.74 Å². The highest BCUT2D eigenvalue weighted by Gasteiger charge is 2.45. The second-order valence-electron chi connectivity index (χ2n) is 6.93. The molecule has 2 fully saturated rings. The molecule has 4 heteroatoms. The molecule has 21 heavy (non-hydrogen) atoms. The van der Waals surface area contributed by atoms with Crippen molar-refractivity contribution in [1.82, 2.24) is 4.90 Å². The van der Waals surface area contributed by atoms with Crippen LogP contribution in [0.3, 0.4) is 0 Å². The van der Waals surface area contributed by atoms with Crippen LogP contribution >= 0.6 is 11.8 Å². The summed E-state index contributed by atoms with van der Waals surface area (Å²) < 4.78 is 6.13. The number of likely N-dealkylation sites (N-methyl/N-ethyl adjacent to an activating group) is 1. The molecule has 2 rings (SSSR count). The van der Waals surface area contributed by atoms with Crippen LogP contribution in [-0.2, 0) is 9.53 Å². The second-order valence-corrected chi connectivity index (χ2v) is 8.15. The third-order valence-electron chi connectivity index (χ3n) is 5.42. The Morgan fingerprint density at radius 2 is 1.90 bits per heavy atom. The van der Waals surface area contributed by atoms with E-state index in [-0.39, 0.29) is 17.1 Å². The largest absolute Gasteiger partial charge is 0.375 e. The van der Waals surface area contributed by atoms with E-state index < -0.39 is 0 Å². The maximum atomic E-state index is 13.1. The summed E-state index contributed by atoms with van der Waals surface area (Å²) in [6, 6.07) is 0. The van der Waals surface area contributed by atoms with Crippen LogP contribution < -0.4 is 0 Å². The summed E-state index contributed by atoms with van der Waals surface area (Å²) in [4.78, 5) is 15.4. The number of thioether (sulfide) groups is 1. The number of carbonyl (C=O) groups excluding carboxylic acids is 1. The highest BCUT2D eigenvalue weighted by atomic mass is 32.2. The Hall–Kier alpha value is -0.0600. The van der Waals surface area contributed by atoms with E-state index in [9.17, 15) is 4.79 Å². The van der Waals surface area contributed by atoms with Gasteiger partial charge in [-0.1, -0.05) is 13.8 Å². The smallest absolute Gasteiger partial charge is 0.155 e. The molecule has 122 valence electrons. The van der Waals surface area contributed by atoms with Crippen LogP contribution in [0.1, 0.15) is 53.4 Å². The Balaban J connectivity index is 2.08. The molecule has 2 aliphatic heterocycles. The quantitative estimate of drug-likeness (QED) is 0.778. The lowest BCUT2D eigenvalue weighted by Crippen LogP contribution is -2.55. The van der Waals surface area contributed by atoms with Gasteiger partial charge in [-0.2, -0.15) is 11.8 Å². The number of ketones is 1. The maximum absolute atomic E-state index is 13.1. The van der Waals surface area contributed by atoms with Crippen molar-refractivity contribution in [2.75, 3.05) is 31.2 Å². The number of ether oxygens (including phenoxy) is 1. The lowest BCUT2D eigenvalue weighted by Gasteiger charge is -2.45. The molecule has 0 N–H and O–H groups in total. The Kier molecular flexibility index (Phi) is 5.77. The summed E-state index contributed by atoms with van der Waals surface area (Å²) in [7, 11) is 0. The predicted molar refractivity (Wildman–Crippen MR) is 90.0 cm³/mol. The zero-order valence-electron chi connectivity index (χ0n) is 14.1. The highest BCUT2D eigenvalue weighted by molar-refractivity contribution is 7.99. The zero-order valence-corrected chi connectivity index (χ0v) is 14.9. The number of hydrogen-bond acceptors (Lipinski definition) is 4. The molecule has 0 amide bonds. The van der Waals surface area contributed by atoms with Crippen molar-refractivity contribution < 1.29 is 9.53 Å². The van der Waals surface area contributed by atoms with E-state index in [0.29, 0.717) is 5.78 Å². The van der Waals surface area contributed by atoms with E-state index in [4.69, 9.17) is 4.74 Å². The minimum Gasteiger partial charge on any atom is -0.375 e. The molecule has 1 spiro atoms. The summed E-state index contributed by atoms with van der Waals surface area (Å²) in [5, 5.41) is 0. The molecule has 0 aromatic carbocycles. The Morgan fingerprint density at radius 3 is 2.48 bits per heavy atom. The first-order valence-electron chi connectivity index (χ1n) is 8.46. The van der Waals surface area contributed by atoms with Gasteiger partial charge in [0, 0.05) is 12.5 Å². The van der Waals surface area contributed by atoms with Crippen LogP contribution in [0.4, 0.5) is 0 Å². The van der Waals surface area contributed by atoms with Gasteiger partial charge >= 0.3 is 0 Å². The van der Waals surface area contributed by atoms with Crippen molar-refractivity contribution >= 4 is 17.5 Å². The third kappa shape index (κ3) is 3.65. The van der Waals surface area contributed by atoms with Gasteiger partial charge in [0.1, 0.15) is 0 Å². The molecule has 1 unspecified atom stereocenters. The first-order valence-corrected chi connectivity index (χ1v) is 9.62. The Labute approximate surface area is 134 Å². The molecule has 0 aromatic heterocycles. The summed E-state index contributed by atoms with van der Waals surface area (Å²) in [6.07, 6.45) is 4.08. The van der Waals surface area contributed by atoms with Gasteiger partial charge in [0.05, 0.1) is 11.1 Å². The third-order valence-corrected chi connectivity index (χ3v) is 6.41. The van der Waals surface area contributed by atoms with Crippen molar-refractivity contribution in [3.05, 3.63) is 0 Å². The number of hydrogen-bond donors (Lipinski definition) is 0. The lowest BCUT2D eigenvalue weighted by atomic mass is 9.75. The Morgan fingerprint density at radius 1 is 1.29 bits per heavy atom. The summed E-state index contributed by atoms with van der Waals surface area (Å²) in [5.74, 6) is 2.96. The normalized spacial score (nSPS) is 26.2. The number of rotatable bonds is 5. The fourth-order valence-electron chi connectivity index (χ4n) is 4.01. The molecule has 0 aromatic rings. The van der Waals surface area contributed by atoms with Gasteiger partial charge in [-0.05, 0) is 64.1 Å². The molecular weight excluding hydrogens is 282 g/mol. The van der Waals surface area contributed by atoms with Gasteiger partial charge in [-0.3, -0.25) is 9.69 Å². The minimum absolute atomic E-state index is 0.00314. The summed E-state index contributed by atoms with van der Waals surface area (Å²) in [5.41, 5.74) is -0.348. The van der Waals surface area contributed by atoms with E-state index >= 15 is 0 Å². The molecular formula is C17H31NO2S. The van der Waals surface area contributed by atoms with Crippen LogP contribution in [0, 0.1) is 5.92 Å². The predicted octanol–water partition coefficient (Wildman–Crippen LogP) is 3.37. The molecule has 0 aliphatic carbocycles. The maximum Gasteiger partial charge on any atom is 0.155 e. The fourth-order valence-corrected chi connectivity index (χ4v) is 5.25. The molecule has 0 radical (unpaired) electrons. The van der Waals surface area contributed by atoms with Crippen molar-refractivity contribution in [3.63, 3.8) is 0 Å². The van der Waals surface area contributed by atoms with E-state index in [1.807, 2.05) is 11.8 Å². The molecule has 3 nitrogen and oxygen atoms in total. The fraction of sp³-hybridized carbons (Fsp3) is 0.941. The van der Waals surface area contributed by atoms with E-state index in [1.54, 1.807) is 0 Å². The van der Waals surface area contributed by atoms with Crippen molar-refractivity contribution in [2.45, 2.75) is 64.5 Å². The van der Waals surface area contributed by atoms with Crippen LogP contribution in [-0.4, -0.2) is 53.0 Å². The number of nitrogens with zero attached hydrogens (tertiary/aromatic N) is 1. The average molecular weight is 314 g/mol. The molecule has 2 saturated heterocycles. The van der Waals surface area contributed by atoms with Gasteiger partial charge in [-0.15, -0.1) is 0 Å². The van der Waals surface area contributed by atoms with E-state index in [0.717, 1.165) is 45.4 Å². The summed E-state index contributed by atoms with van der Waals surface area (Å²) >= 11 is 2.02. The zero-order chi connectivity index (χ0) is 15.5. The molecule has 2 heterocycles. The van der Waals surface area contributed by atoms with Crippen molar-refractivity contribution in [1.29, 1.82) is 0 Å². The van der Waals surface area contributed by atoms with Crippen LogP contribution in [0.2, 0.25) is 0 Å². The first-order chi connectivity index (χ1) is 9.95.